The van der Waals surface area contributed by atoms with E-state index in [2.05, 4.69) is 5.32 Å². The molecule has 9 nitrogen and oxygen atoms in total. The van der Waals surface area contributed by atoms with Gasteiger partial charge in [-0.3, -0.25) is 19.3 Å². The highest BCUT2D eigenvalue weighted by Gasteiger charge is 2.43. The molecule has 3 aromatic carbocycles. The maximum absolute atomic E-state index is 13.8. The summed E-state index contributed by atoms with van der Waals surface area (Å²) in [5, 5.41) is 1.91. The number of amides is 3. The molecule has 3 N–H and O–H groups in total. The molecule has 1 saturated heterocycles. The van der Waals surface area contributed by atoms with E-state index in [4.69, 9.17) is 19.9 Å². The summed E-state index contributed by atoms with van der Waals surface area (Å²) < 4.78 is 16.9. The Bertz CT molecular complexity index is 1440. The van der Waals surface area contributed by atoms with Gasteiger partial charge in [-0.2, -0.15) is 0 Å². The molecule has 1 saturated carbocycles. The van der Waals surface area contributed by atoms with Crippen molar-refractivity contribution >= 4 is 35.2 Å². The minimum atomic E-state index is -0.618. The van der Waals surface area contributed by atoms with Crippen LogP contribution in [0.2, 0.25) is 0 Å². The minimum absolute atomic E-state index is 0.00304. The van der Waals surface area contributed by atoms with E-state index in [1.54, 1.807) is 42.3 Å². The molecule has 42 heavy (non-hydrogen) atoms. The average molecular weight is 590 g/mol. The lowest BCUT2D eigenvalue weighted by Crippen LogP contribution is -2.34. The second-order valence-corrected chi connectivity index (χ2v) is 11.6. The number of rotatable bonds is 13. The van der Waals surface area contributed by atoms with Crippen LogP contribution in [-0.4, -0.2) is 43.3 Å². The molecule has 0 bridgehead atoms. The predicted molar refractivity (Wildman–Crippen MR) is 162 cm³/mol. The highest BCUT2D eigenvalue weighted by atomic mass is 32.2. The van der Waals surface area contributed by atoms with Crippen LogP contribution in [0.5, 0.6) is 17.2 Å². The number of nitrogens with zero attached hydrogens (tertiary/aromatic N) is 1. The van der Waals surface area contributed by atoms with Crippen molar-refractivity contribution in [3.05, 3.63) is 83.4 Å². The quantitative estimate of drug-likeness (QED) is 0.293. The molecule has 0 radical (unpaired) electrons. The summed E-state index contributed by atoms with van der Waals surface area (Å²) in [7, 11) is 1.58. The number of nitrogens with two attached hydrogens (primary N) is 1. The van der Waals surface area contributed by atoms with Gasteiger partial charge in [-0.05, 0) is 79.3 Å². The van der Waals surface area contributed by atoms with Gasteiger partial charge in [-0.1, -0.05) is 24.3 Å². The fraction of sp³-hybridized carbons (Fsp3) is 0.344. The van der Waals surface area contributed by atoms with E-state index in [-0.39, 0.29) is 24.8 Å². The van der Waals surface area contributed by atoms with Crippen LogP contribution in [0.1, 0.15) is 53.0 Å². The van der Waals surface area contributed by atoms with Crippen molar-refractivity contribution in [2.45, 2.75) is 43.4 Å². The summed E-state index contributed by atoms with van der Waals surface area (Å²) in [5.41, 5.74) is 8.12. The molecule has 2 aliphatic rings. The van der Waals surface area contributed by atoms with Crippen LogP contribution in [0.25, 0.3) is 0 Å². The van der Waals surface area contributed by atoms with E-state index in [1.807, 2.05) is 43.3 Å². The monoisotopic (exact) mass is 589 g/mol. The maximum Gasteiger partial charge on any atom is 0.248 e. The van der Waals surface area contributed by atoms with Gasteiger partial charge >= 0.3 is 0 Å². The van der Waals surface area contributed by atoms with E-state index in [1.165, 1.54) is 24.6 Å². The van der Waals surface area contributed by atoms with Crippen molar-refractivity contribution in [3.8, 4) is 17.2 Å². The van der Waals surface area contributed by atoms with Crippen molar-refractivity contribution in [2.24, 2.45) is 11.7 Å². The number of nitrogens with one attached hydrogen (secondary N) is 1. The van der Waals surface area contributed by atoms with Gasteiger partial charge in [0.2, 0.25) is 17.7 Å². The van der Waals surface area contributed by atoms with Crippen LogP contribution >= 0.6 is 11.8 Å². The van der Waals surface area contributed by atoms with Gasteiger partial charge < -0.3 is 25.3 Å². The van der Waals surface area contributed by atoms with Crippen molar-refractivity contribution in [3.63, 3.8) is 0 Å². The summed E-state index contributed by atoms with van der Waals surface area (Å²) in [4.78, 5) is 40.3. The molecule has 1 aliphatic heterocycles. The molecule has 2 fully saturated rings. The van der Waals surface area contributed by atoms with Crippen molar-refractivity contribution in [1.82, 2.24) is 5.32 Å². The number of primary amides is 1. The van der Waals surface area contributed by atoms with E-state index >= 15 is 0 Å². The molecule has 0 unspecified atom stereocenters. The number of benzene rings is 3. The zero-order chi connectivity index (χ0) is 29.6. The van der Waals surface area contributed by atoms with Crippen molar-refractivity contribution < 1.29 is 28.6 Å². The average Bonchev–Trinajstić information content (AvgIpc) is 3.78. The second kappa shape index (κ2) is 13.2. The van der Waals surface area contributed by atoms with Crippen LogP contribution in [-0.2, 0) is 16.1 Å². The predicted octanol–water partition coefficient (Wildman–Crippen LogP) is 4.84. The topological polar surface area (TPSA) is 120 Å². The van der Waals surface area contributed by atoms with Gasteiger partial charge in [-0.25, -0.2) is 0 Å². The molecule has 10 heteroatoms. The summed E-state index contributed by atoms with van der Waals surface area (Å²) in [6.07, 6.45) is 2.42. The minimum Gasteiger partial charge on any atom is -0.493 e. The first-order valence-corrected chi connectivity index (χ1v) is 15.0. The number of carbonyl (C=O) groups is 3. The summed E-state index contributed by atoms with van der Waals surface area (Å²) in [6.45, 7) is 3.37. The van der Waals surface area contributed by atoms with E-state index < -0.39 is 16.5 Å². The van der Waals surface area contributed by atoms with Gasteiger partial charge in [0.05, 0.1) is 25.6 Å². The molecule has 3 amide bonds. The first-order valence-electron chi connectivity index (χ1n) is 14.0. The fourth-order valence-electron chi connectivity index (χ4n) is 4.75. The van der Waals surface area contributed by atoms with Crippen LogP contribution in [0.3, 0.4) is 0 Å². The third-order valence-corrected chi connectivity index (χ3v) is 8.62. The Morgan fingerprint density at radius 2 is 1.81 bits per heavy atom. The molecular formula is C32H35N3O6S. The van der Waals surface area contributed by atoms with Crippen molar-refractivity contribution in [1.29, 1.82) is 0 Å². The van der Waals surface area contributed by atoms with Crippen molar-refractivity contribution in [2.75, 3.05) is 25.2 Å². The van der Waals surface area contributed by atoms with E-state index in [0.29, 0.717) is 41.9 Å². The third kappa shape index (κ3) is 6.99. The molecule has 2 atom stereocenters. The Morgan fingerprint density at radius 1 is 1.02 bits per heavy atom. The van der Waals surface area contributed by atoms with Crippen LogP contribution in [0, 0.1) is 5.92 Å². The van der Waals surface area contributed by atoms with Crippen LogP contribution < -0.4 is 30.2 Å². The van der Waals surface area contributed by atoms with Gasteiger partial charge in [-0.15, -0.1) is 11.8 Å². The zero-order valence-electron chi connectivity index (χ0n) is 23.7. The molecule has 0 spiro atoms. The lowest BCUT2D eigenvalue weighted by atomic mass is 10.1. The van der Waals surface area contributed by atoms with Gasteiger partial charge in [0.15, 0.2) is 11.5 Å². The summed E-state index contributed by atoms with van der Waals surface area (Å²) in [5.74, 6) is 1.62. The molecule has 5 rings (SSSR count). The molecule has 0 aromatic heterocycles. The fourth-order valence-corrected chi connectivity index (χ4v) is 6.20. The van der Waals surface area contributed by atoms with Gasteiger partial charge in [0, 0.05) is 24.2 Å². The number of anilines is 1. The molecule has 3 aromatic rings. The lowest BCUT2D eigenvalue weighted by Gasteiger charge is -2.25. The van der Waals surface area contributed by atoms with Crippen LogP contribution in [0.15, 0.2) is 66.7 Å². The number of thioether (sulfide) groups is 1. The zero-order valence-corrected chi connectivity index (χ0v) is 24.5. The Labute approximate surface area is 249 Å². The SMILES string of the molecule is CCOc1cc(CNC(=O)C[C@H]2S[C@@H](c3ccc(OCC4CC4)cc3)N(c3cccc(C(N)=O)c3)C2=O)ccc1OC. The number of hydrogen-bond acceptors (Lipinski definition) is 7. The van der Waals surface area contributed by atoms with Gasteiger partial charge in [0.25, 0.3) is 0 Å². The Balaban J connectivity index is 1.31. The highest BCUT2D eigenvalue weighted by molar-refractivity contribution is 8.01. The number of carbonyl (C=O) groups excluding carboxylic acids is 3. The lowest BCUT2D eigenvalue weighted by molar-refractivity contribution is -0.124. The third-order valence-electron chi connectivity index (χ3n) is 7.19. The number of ether oxygens (including phenoxy) is 3. The molecule has 1 aliphatic carbocycles. The largest absolute Gasteiger partial charge is 0.493 e. The standard InChI is InChI=1S/C32H35N3O6S/c1-3-40-27-15-21(9-14-26(27)39-2)18-34-29(36)17-28-31(38)35(24-6-4-5-23(16-24)30(33)37)32(42-28)22-10-12-25(13-11-22)41-19-20-7-8-20/h4-6,9-16,20,28,32H,3,7-8,17-19H2,1-2H3,(H2,33,37)(H,34,36)/t28-,32+/m1/s1. The summed E-state index contributed by atoms with van der Waals surface area (Å²) >= 11 is 1.41. The Morgan fingerprint density at radius 3 is 2.50 bits per heavy atom. The van der Waals surface area contributed by atoms with E-state index in [0.717, 1.165) is 16.9 Å². The van der Waals surface area contributed by atoms with E-state index in [9.17, 15) is 14.4 Å². The first-order chi connectivity index (χ1) is 20.4. The highest BCUT2D eigenvalue weighted by Crippen LogP contribution is 2.47. The second-order valence-electron chi connectivity index (χ2n) is 10.3. The maximum atomic E-state index is 13.8. The Hall–Kier alpha value is -4.18. The molecule has 220 valence electrons. The smallest absolute Gasteiger partial charge is 0.248 e. The summed E-state index contributed by atoms with van der Waals surface area (Å²) in [6, 6.07) is 19.9. The van der Waals surface area contributed by atoms with Crippen LogP contribution in [0.4, 0.5) is 5.69 Å². The molecule has 1 heterocycles. The first kappa shape index (κ1) is 29.3. The number of hydrogen-bond donors (Lipinski definition) is 2. The van der Waals surface area contributed by atoms with Gasteiger partial charge in [0.1, 0.15) is 11.1 Å². The molecular weight excluding hydrogens is 554 g/mol. The Kier molecular flexibility index (Phi) is 9.22. The number of methoxy groups -OCH3 is 1. The normalized spacial score (nSPS) is 18.0.